The third-order valence-corrected chi connectivity index (χ3v) is 2.99. The van der Waals surface area contributed by atoms with Gasteiger partial charge >= 0.3 is 5.69 Å². The van der Waals surface area contributed by atoms with Crippen LogP contribution >= 0.6 is 0 Å². The second-order valence-electron chi connectivity index (χ2n) is 4.34. The molecule has 1 aliphatic heterocycles. The van der Waals surface area contributed by atoms with Gasteiger partial charge in [-0.15, -0.1) is 6.42 Å². The third-order valence-electron chi connectivity index (χ3n) is 2.99. The third kappa shape index (κ3) is 2.82. The summed E-state index contributed by atoms with van der Waals surface area (Å²) in [5, 5.41) is 18.5. The minimum Gasteiger partial charge on any atom is -0.474 e. The molecule has 3 N–H and O–H groups in total. The van der Waals surface area contributed by atoms with Crippen molar-refractivity contribution in [1.82, 2.24) is 9.55 Å². The maximum atomic E-state index is 14.0. The quantitative estimate of drug-likeness (QED) is 0.562. The van der Waals surface area contributed by atoms with Crippen LogP contribution in [0, 0.1) is 12.3 Å². The van der Waals surface area contributed by atoms with Crippen LogP contribution in [0.25, 0.3) is 0 Å². The number of H-pyrrole nitrogens is 1. The lowest BCUT2D eigenvalue weighted by atomic mass is 10.1. The number of aromatic nitrogens is 2. The predicted molar refractivity (Wildman–Crippen MR) is 67.5 cm³/mol. The molecule has 1 aliphatic rings. The van der Waals surface area contributed by atoms with Gasteiger partial charge in [0.1, 0.15) is 18.8 Å². The summed E-state index contributed by atoms with van der Waals surface area (Å²) in [6.07, 6.45) is -0.262. The largest absolute Gasteiger partial charge is 0.474 e. The van der Waals surface area contributed by atoms with E-state index in [1.54, 1.807) is 0 Å². The number of ether oxygens (including phenoxy) is 2. The van der Waals surface area contributed by atoms with Crippen LogP contribution in [0.1, 0.15) is 6.23 Å². The number of rotatable bonds is 4. The molecule has 9 heteroatoms. The van der Waals surface area contributed by atoms with Crippen molar-refractivity contribution in [2.24, 2.45) is 0 Å². The van der Waals surface area contributed by atoms with E-state index in [1.165, 1.54) is 0 Å². The maximum absolute atomic E-state index is 14.0. The normalized spacial score (nSPS) is 28.3. The molecule has 0 aromatic carbocycles. The zero-order valence-corrected chi connectivity index (χ0v) is 10.7. The second kappa shape index (κ2) is 6.09. The number of nitrogens with one attached hydrogen (secondary N) is 1. The zero-order chi connectivity index (χ0) is 15.6. The molecule has 1 saturated heterocycles. The summed E-state index contributed by atoms with van der Waals surface area (Å²) in [6.45, 7) is -0.829. The van der Waals surface area contributed by atoms with Gasteiger partial charge in [0.2, 0.25) is 5.75 Å². The van der Waals surface area contributed by atoms with Gasteiger partial charge in [0.15, 0.2) is 12.4 Å². The van der Waals surface area contributed by atoms with E-state index in [0.29, 0.717) is 0 Å². The number of aromatic amines is 1. The lowest BCUT2D eigenvalue weighted by molar-refractivity contribution is -0.0493. The van der Waals surface area contributed by atoms with Crippen molar-refractivity contribution in [3.05, 3.63) is 27.0 Å². The summed E-state index contributed by atoms with van der Waals surface area (Å²) >= 11 is 0. The highest BCUT2D eigenvalue weighted by Gasteiger charge is 2.45. The minimum absolute atomic E-state index is 0.215. The van der Waals surface area contributed by atoms with Crippen LogP contribution in [0.2, 0.25) is 0 Å². The number of aliphatic hydroxyl groups excluding tert-OH is 2. The Morgan fingerprint density at radius 3 is 2.86 bits per heavy atom. The number of halogens is 1. The van der Waals surface area contributed by atoms with Gasteiger partial charge in [0.05, 0.1) is 12.8 Å². The van der Waals surface area contributed by atoms with Gasteiger partial charge < -0.3 is 19.7 Å². The number of hydrogen-bond donors (Lipinski definition) is 3. The average Bonchev–Trinajstić information content (AvgIpc) is 2.74. The number of aliphatic hydroxyl groups is 2. The molecular weight excluding hydrogens is 287 g/mol. The number of alkyl halides is 1. The molecule has 0 bridgehead atoms. The summed E-state index contributed by atoms with van der Waals surface area (Å²) in [5.41, 5.74) is -1.76. The predicted octanol–water partition coefficient (Wildman–Crippen LogP) is -1.86. The topological polar surface area (TPSA) is 114 Å². The average molecular weight is 300 g/mol. The summed E-state index contributed by atoms with van der Waals surface area (Å²) in [6, 6.07) is 0. The molecule has 0 radical (unpaired) electrons. The van der Waals surface area contributed by atoms with Crippen LogP contribution in [0.15, 0.2) is 15.8 Å². The minimum atomic E-state index is -1.95. The smallest absolute Gasteiger partial charge is 0.330 e. The van der Waals surface area contributed by atoms with Gasteiger partial charge in [0, 0.05) is 0 Å². The first kappa shape index (κ1) is 15.2. The second-order valence-corrected chi connectivity index (χ2v) is 4.34. The Bertz CT molecular complexity index is 663. The van der Waals surface area contributed by atoms with Crippen molar-refractivity contribution in [2.45, 2.75) is 24.6 Å². The van der Waals surface area contributed by atoms with E-state index in [-0.39, 0.29) is 12.4 Å². The summed E-state index contributed by atoms with van der Waals surface area (Å²) in [5.74, 6) is 1.85. The van der Waals surface area contributed by atoms with Crippen LogP contribution in [-0.4, -0.2) is 51.4 Å². The van der Waals surface area contributed by atoms with Crippen molar-refractivity contribution in [1.29, 1.82) is 0 Å². The molecule has 0 saturated carbocycles. The SMILES string of the molecule is C#CCOc1cn([C@@H]2O[C@H](CO)[C@@H](O)[C@H]2F)c(=O)[nH]c1=O. The van der Waals surface area contributed by atoms with Crippen LogP contribution < -0.4 is 16.0 Å². The first-order valence-corrected chi connectivity index (χ1v) is 5.99. The van der Waals surface area contributed by atoms with E-state index in [4.69, 9.17) is 21.0 Å². The van der Waals surface area contributed by atoms with Crippen LogP contribution in [-0.2, 0) is 4.74 Å². The molecule has 0 amide bonds. The lowest BCUT2D eigenvalue weighted by Crippen LogP contribution is -2.36. The Kier molecular flexibility index (Phi) is 4.42. The molecule has 0 aliphatic carbocycles. The van der Waals surface area contributed by atoms with Crippen molar-refractivity contribution in [3.63, 3.8) is 0 Å². The fourth-order valence-electron chi connectivity index (χ4n) is 1.96. The number of terminal acetylenes is 1. The van der Waals surface area contributed by atoms with Crippen LogP contribution in [0.3, 0.4) is 0 Å². The standard InChI is InChI=1S/C12H13FN2O6/c1-2-3-20-6-4-15(12(19)14-10(6)18)11-8(13)9(17)7(5-16)21-11/h1,4,7-9,11,16-17H,3,5H2,(H,14,18,19)/t7-,8-,9-,11-/m1/s1. The van der Waals surface area contributed by atoms with Gasteiger partial charge in [-0.2, -0.15) is 0 Å². The van der Waals surface area contributed by atoms with Crippen molar-refractivity contribution in [3.8, 4) is 18.1 Å². The number of hydrogen-bond acceptors (Lipinski definition) is 6. The van der Waals surface area contributed by atoms with Crippen LogP contribution in [0.5, 0.6) is 5.75 Å². The summed E-state index contributed by atoms with van der Waals surface area (Å²) < 4.78 is 24.7. The van der Waals surface area contributed by atoms with E-state index in [2.05, 4.69) is 5.92 Å². The molecule has 0 spiro atoms. The van der Waals surface area contributed by atoms with E-state index in [1.807, 2.05) is 4.98 Å². The Morgan fingerprint density at radius 1 is 1.57 bits per heavy atom. The number of nitrogens with zero attached hydrogens (tertiary/aromatic N) is 1. The molecule has 2 rings (SSSR count). The summed E-state index contributed by atoms with van der Waals surface area (Å²) in [4.78, 5) is 25.1. The Morgan fingerprint density at radius 2 is 2.29 bits per heavy atom. The van der Waals surface area contributed by atoms with Crippen LogP contribution in [0.4, 0.5) is 4.39 Å². The Labute approximate surface area is 117 Å². The molecule has 1 aromatic rings. The van der Waals surface area contributed by atoms with E-state index in [9.17, 15) is 19.1 Å². The molecule has 8 nitrogen and oxygen atoms in total. The van der Waals surface area contributed by atoms with Gasteiger partial charge in [0.25, 0.3) is 5.56 Å². The Balaban J connectivity index is 2.38. The van der Waals surface area contributed by atoms with Crippen molar-refractivity contribution >= 4 is 0 Å². The molecular formula is C12H13FN2O6. The lowest BCUT2D eigenvalue weighted by Gasteiger charge is -2.16. The van der Waals surface area contributed by atoms with Gasteiger partial charge in [-0.05, 0) is 0 Å². The molecule has 1 fully saturated rings. The molecule has 114 valence electrons. The van der Waals surface area contributed by atoms with Crippen molar-refractivity contribution < 1.29 is 24.1 Å². The monoisotopic (exact) mass is 300 g/mol. The van der Waals surface area contributed by atoms with E-state index >= 15 is 0 Å². The molecule has 1 aromatic heterocycles. The summed E-state index contributed by atoms with van der Waals surface area (Å²) in [7, 11) is 0. The Hall–Kier alpha value is -2.15. The van der Waals surface area contributed by atoms with Gasteiger partial charge in [-0.3, -0.25) is 14.3 Å². The first-order valence-electron chi connectivity index (χ1n) is 5.99. The van der Waals surface area contributed by atoms with E-state index < -0.39 is 42.5 Å². The highest BCUT2D eigenvalue weighted by Crippen LogP contribution is 2.30. The highest BCUT2D eigenvalue weighted by atomic mass is 19.1. The van der Waals surface area contributed by atoms with E-state index in [0.717, 1.165) is 10.8 Å². The molecule has 0 unspecified atom stereocenters. The first-order chi connectivity index (χ1) is 9.99. The fourth-order valence-corrected chi connectivity index (χ4v) is 1.96. The fraction of sp³-hybridized carbons (Fsp3) is 0.500. The maximum Gasteiger partial charge on any atom is 0.330 e. The highest BCUT2D eigenvalue weighted by molar-refractivity contribution is 5.14. The van der Waals surface area contributed by atoms with Gasteiger partial charge in [-0.25, -0.2) is 9.18 Å². The molecule has 2 heterocycles. The molecule has 21 heavy (non-hydrogen) atoms. The zero-order valence-electron chi connectivity index (χ0n) is 10.7. The molecule has 4 atom stereocenters. The van der Waals surface area contributed by atoms with Crippen molar-refractivity contribution in [2.75, 3.05) is 13.2 Å². The van der Waals surface area contributed by atoms with Gasteiger partial charge in [-0.1, -0.05) is 5.92 Å².